The van der Waals surface area contributed by atoms with E-state index in [9.17, 15) is 0 Å². The van der Waals surface area contributed by atoms with Crippen LogP contribution in [0.3, 0.4) is 0 Å². The Morgan fingerprint density at radius 2 is 1.29 bits per heavy atom. The largest absolute Gasteiger partial charge is 0.324 e. The smallest absolute Gasteiger partial charge is 0.231 e. The summed E-state index contributed by atoms with van der Waals surface area (Å²) in [6.45, 7) is 1.87. The molecule has 0 bridgehead atoms. The fraction of sp³-hybridized carbons (Fsp3) is 0.0417. The Balaban J connectivity index is 1.62. The predicted molar refractivity (Wildman–Crippen MR) is 115 cm³/mol. The number of nitrogens with one attached hydrogen (secondary N) is 1. The number of aromatic nitrogens is 3. The van der Waals surface area contributed by atoms with Crippen LogP contribution in [0.5, 0.6) is 0 Å². The molecule has 1 aromatic heterocycles. The standard InChI is InChI=1S/C24H20N4/c1-18-25-23(19-11-7-9-13-20-17-21(20)14-10-8-12-19)28-24(26-18)27-22-15-5-3-2-4-6-16-22/h2-17H,1H3,(H,25,26,27,28)/b3-2-,4-2?,5-3?,6-4-,9-7-,10-8?,11-7?,12-8-,13-9?,14-10+,15-5-,16-6?,19-11+,19-12?,20-13?,21-14?,22-15?,22-16+. The Labute approximate surface area is 164 Å². The molecule has 0 spiro atoms. The van der Waals surface area contributed by atoms with Crippen LogP contribution in [0, 0.1) is 6.92 Å². The highest BCUT2D eigenvalue weighted by Gasteiger charge is 2.11. The molecular formula is C24H20N4. The SMILES string of the molecule is Cc1nc(NC2=C/C=C\C=C/C=C\2)nc(C2=C/C=C\C=C3C=C3/C=C/C=C\2)n1. The van der Waals surface area contributed by atoms with Crippen molar-refractivity contribution in [2.75, 3.05) is 5.32 Å². The van der Waals surface area contributed by atoms with Gasteiger partial charge in [-0.15, -0.1) is 0 Å². The molecule has 0 unspecified atom stereocenters. The van der Waals surface area contributed by atoms with Gasteiger partial charge in [0.05, 0.1) is 0 Å². The average Bonchev–Trinajstić information content (AvgIpc) is 3.39. The van der Waals surface area contributed by atoms with E-state index in [-0.39, 0.29) is 0 Å². The van der Waals surface area contributed by atoms with Gasteiger partial charge in [0.15, 0.2) is 5.82 Å². The Bertz CT molecular complexity index is 1080. The highest BCUT2D eigenvalue weighted by molar-refractivity contribution is 5.73. The van der Waals surface area contributed by atoms with E-state index < -0.39 is 0 Å². The molecule has 1 aromatic rings. The summed E-state index contributed by atoms with van der Waals surface area (Å²) in [4.78, 5) is 13.6. The molecule has 28 heavy (non-hydrogen) atoms. The number of anilines is 1. The van der Waals surface area contributed by atoms with Gasteiger partial charge in [-0.3, -0.25) is 0 Å². The summed E-state index contributed by atoms with van der Waals surface area (Å²) in [5.74, 6) is 1.81. The lowest BCUT2D eigenvalue weighted by molar-refractivity contribution is 0.958. The normalized spacial score (nSPS) is 28.0. The first kappa shape index (κ1) is 17.6. The summed E-state index contributed by atoms with van der Waals surface area (Å²) in [5, 5.41) is 3.27. The summed E-state index contributed by atoms with van der Waals surface area (Å²) in [7, 11) is 0. The van der Waals surface area contributed by atoms with Crippen LogP contribution in [0.15, 0.2) is 114 Å². The van der Waals surface area contributed by atoms with Gasteiger partial charge in [-0.1, -0.05) is 79.0 Å². The fourth-order valence-corrected chi connectivity index (χ4v) is 2.71. The van der Waals surface area contributed by atoms with E-state index in [1.165, 1.54) is 11.1 Å². The first-order valence-corrected chi connectivity index (χ1v) is 9.15. The number of fused-ring (bicyclic) bond motifs is 1. The Morgan fingerprint density at radius 1 is 0.607 bits per heavy atom. The van der Waals surface area contributed by atoms with Crippen molar-refractivity contribution in [3.63, 3.8) is 0 Å². The van der Waals surface area contributed by atoms with Crippen LogP contribution in [-0.2, 0) is 0 Å². The molecule has 3 aliphatic carbocycles. The first-order valence-electron chi connectivity index (χ1n) is 9.15. The number of rotatable bonds is 3. The summed E-state index contributed by atoms with van der Waals surface area (Å²) < 4.78 is 0. The minimum Gasteiger partial charge on any atom is -0.324 e. The third kappa shape index (κ3) is 4.68. The molecular weight excluding hydrogens is 344 g/mol. The van der Waals surface area contributed by atoms with Crippen molar-refractivity contribution in [1.29, 1.82) is 0 Å². The molecule has 0 saturated carbocycles. The molecule has 3 aliphatic rings. The van der Waals surface area contributed by atoms with Gasteiger partial charge in [0.1, 0.15) is 5.82 Å². The highest BCUT2D eigenvalue weighted by Crippen LogP contribution is 2.29. The highest BCUT2D eigenvalue weighted by atomic mass is 15.2. The number of aryl methyl sites for hydroxylation is 1. The second-order valence-electron chi connectivity index (χ2n) is 6.35. The van der Waals surface area contributed by atoms with Gasteiger partial charge in [-0.05, 0) is 36.3 Å². The zero-order valence-electron chi connectivity index (χ0n) is 15.6. The Kier molecular flexibility index (Phi) is 5.20. The lowest BCUT2D eigenvalue weighted by atomic mass is 10.2. The summed E-state index contributed by atoms with van der Waals surface area (Å²) >= 11 is 0. The fourth-order valence-electron chi connectivity index (χ4n) is 2.71. The van der Waals surface area contributed by atoms with E-state index >= 15 is 0 Å². The van der Waals surface area contributed by atoms with Crippen LogP contribution in [0.2, 0.25) is 0 Å². The van der Waals surface area contributed by atoms with Crippen LogP contribution in [0.25, 0.3) is 5.57 Å². The number of nitrogens with zero attached hydrogens (tertiary/aromatic N) is 3. The monoisotopic (exact) mass is 364 g/mol. The number of allylic oxidation sites excluding steroid dienone is 19. The molecule has 1 heterocycles. The van der Waals surface area contributed by atoms with Crippen LogP contribution in [0.1, 0.15) is 11.6 Å². The summed E-state index contributed by atoms with van der Waals surface area (Å²) in [5.41, 5.74) is 4.36. The van der Waals surface area contributed by atoms with E-state index in [1.807, 2.05) is 85.9 Å². The molecule has 0 fully saturated rings. The zero-order chi connectivity index (χ0) is 19.2. The van der Waals surface area contributed by atoms with Gasteiger partial charge in [-0.25, -0.2) is 4.98 Å². The van der Waals surface area contributed by atoms with Crippen LogP contribution < -0.4 is 5.32 Å². The van der Waals surface area contributed by atoms with Crippen molar-refractivity contribution in [3.05, 3.63) is 126 Å². The first-order chi connectivity index (χ1) is 13.8. The zero-order valence-corrected chi connectivity index (χ0v) is 15.6. The molecule has 1 N–H and O–H groups in total. The molecule has 0 amide bonds. The Morgan fingerprint density at radius 3 is 2.18 bits per heavy atom. The van der Waals surface area contributed by atoms with Crippen LogP contribution >= 0.6 is 0 Å². The lowest BCUT2D eigenvalue weighted by Crippen LogP contribution is -2.07. The van der Waals surface area contributed by atoms with Crippen LogP contribution in [-0.4, -0.2) is 15.0 Å². The second kappa shape index (κ2) is 8.27. The quantitative estimate of drug-likeness (QED) is 0.812. The van der Waals surface area contributed by atoms with E-state index in [4.69, 9.17) is 0 Å². The van der Waals surface area contributed by atoms with Crippen molar-refractivity contribution in [2.24, 2.45) is 0 Å². The van der Waals surface area contributed by atoms with Crippen molar-refractivity contribution in [3.8, 4) is 0 Å². The molecule has 0 aromatic carbocycles. The third-order valence-corrected chi connectivity index (χ3v) is 4.14. The van der Waals surface area contributed by atoms with Gasteiger partial charge in [-0.2, -0.15) is 9.97 Å². The topological polar surface area (TPSA) is 50.7 Å². The van der Waals surface area contributed by atoms with E-state index in [0.717, 1.165) is 11.3 Å². The average molecular weight is 364 g/mol. The van der Waals surface area contributed by atoms with Gasteiger partial charge in [0.25, 0.3) is 0 Å². The van der Waals surface area contributed by atoms with Crippen molar-refractivity contribution < 1.29 is 0 Å². The Hall–Kier alpha value is -3.79. The molecule has 0 aliphatic heterocycles. The van der Waals surface area contributed by atoms with Crippen molar-refractivity contribution in [1.82, 2.24) is 15.0 Å². The predicted octanol–water partition coefficient (Wildman–Crippen LogP) is 5.09. The number of hydrogen-bond acceptors (Lipinski definition) is 4. The van der Waals surface area contributed by atoms with Gasteiger partial charge in [0, 0.05) is 11.3 Å². The molecule has 4 heteroatoms. The van der Waals surface area contributed by atoms with Crippen LogP contribution in [0.4, 0.5) is 5.95 Å². The van der Waals surface area contributed by atoms with Gasteiger partial charge in [0.2, 0.25) is 5.95 Å². The third-order valence-electron chi connectivity index (χ3n) is 4.14. The minimum atomic E-state index is 0.521. The lowest BCUT2D eigenvalue weighted by Gasteiger charge is -2.09. The maximum absolute atomic E-state index is 4.62. The van der Waals surface area contributed by atoms with Crippen molar-refractivity contribution >= 4 is 11.5 Å². The second-order valence-corrected chi connectivity index (χ2v) is 6.35. The van der Waals surface area contributed by atoms with Gasteiger partial charge >= 0.3 is 0 Å². The molecule has 0 saturated heterocycles. The molecule has 4 nitrogen and oxygen atoms in total. The molecule has 136 valence electrons. The maximum Gasteiger partial charge on any atom is 0.231 e. The maximum atomic E-state index is 4.62. The van der Waals surface area contributed by atoms with E-state index in [0.29, 0.717) is 17.6 Å². The van der Waals surface area contributed by atoms with E-state index in [1.54, 1.807) is 0 Å². The molecule has 0 atom stereocenters. The summed E-state index contributed by atoms with van der Waals surface area (Å²) in [6, 6.07) is 0. The summed E-state index contributed by atoms with van der Waals surface area (Å²) in [6.07, 6.45) is 32.3. The minimum absolute atomic E-state index is 0.521. The van der Waals surface area contributed by atoms with Gasteiger partial charge < -0.3 is 5.32 Å². The van der Waals surface area contributed by atoms with Crippen molar-refractivity contribution in [2.45, 2.75) is 6.92 Å². The van der Waals surface area contributed by atoms with E-state index in [2.05, 4.69) is 38.5 Å². The molecule has 4 rings (SSSR count). The number of hydrogen-bond donors (Lipinski definition) is 1. The molecule has 0 radical (unpaired) electrons.